The Labute approximate surface area is 179 Å². The molecule has 10 heteroatoms. The second-order valence-corrected chi connectivity index (χ2v) is 7.28. The van der Waals surface area contributed by atoms with Crippen LogP contribution in [0.15, 0.2) is 47.1 Å². The van der Waals surface area contributed by atoms with Crippen molar-refractivity contribution in [3.63, 3.8) is 0 Å². The molecule has 0 fully saturated rings. The first-order chi connectivity index (χ1) is 14.8. The van der Waals surface area contributed by atoms with Crippen molar-refractivity contribution in [1.29, 1.82) is 10.5 Å². The molecule has 4 rings (SSSR count). The highest BCUT2D eigenvalue weighted by atomic mass is 35.5. The molecule has 3 aromatic rings. The Hall–Kier alpha value is -3.69. The molecule has 2 atom stereocenters. The number of aliphatic imine (C=N–C) groups is 1. The van der Waals surface area contributed by atoms with Gasteiger partial charge in [0.05, 0.1) is 28.9 Å². The predicted octanol–water partition coefficient (Wildman–Crippen LogP) is 5.09. The van der Waals surface area contributed by atoms with Gasteiger partial charge < -0.3 is 0 Å². The first-order valence-corrected chi connectivity index (χ1v) is 9.39. The van der Waals surface area contributed by atoms with E-state index >= 15 is 0 Å². The molecule has 2 aromatic heterocycles. The molecule has 1 aromatic carbocycles. The van der Waals surface area contributed by atoms with Gasteiger partial charge in [0.25, 0.3) is 0 Å². The summed E-state index contributed by atoms with van der Waals surface area (Å²) >= 11 is 6.11. The lowest BCUT2D eigenvalue weighted by Gasteiger charge is -2.30. The van der Waals surface area contributed by atoms with Gasteiger partial charge in [-0.15, -0.1) is 0 Å². The van der Waals surface area contributed by atoms with Crippen LogP contribution in [0.5, 0.6) is 0 Å². The van der Waals surface area contributed by atoms with Crippen molar-refractivity contribution in [2.75, 3.05) is 0 Å². The SMILES string of the molecule is Cc1[nH]nc2ccc(C3C(C#N)=C(c4cccnc4Cl)N=C(C(F)(F)F)C3C#N)cc12. The monoisotopic (exact) mass is 440 g/mol. The fourth-order valence-electron chi connectivity index (χ4n) is 3.70. The van der Waals surface area contributed by atoms with Gasteiger partial charge in [-0.3, -0.25) is 5.10 Å². The molecule has 2 unspecified atom stereocenters. The quantitative estimate of drug-likeness (QED) is 0.560. The summed E-state index contributed by atoms with van der Waals surface area (Å²) in [7, 11) is 0. The van der Waals surface area contributed by atoms with Crippen LogP contribution in [-0.2, 0) is 0 Å². The minimum absolute atomic E-state index is 0.0874. The number of alkyl halides is 3. The van der Waals surface area contributed by atoms with Crippen molar-refractivity contribution in [3.05, 3.63) is 64.1 Å². The Bertz CT molecular complexity index is 1340. The van der Waals surface area contributed by atoms with Crippen LogP contribution in [0.2, 0.25) is 5.15 Å². The van der Waals surface area contributed by atoms with Gasteiger partial charge in [-0.25, -0.2) is 9.98 Å². The predicted molar refractivity (Wildman–Crippen MR) is 108 cm³/mol. The van der Waals surface area contributed by atoms with E-state index in [0.717, 1.165) is 0 Å². The average Bonchev–Trinajstić information content (AvgIpc) is 3.12. The summed E-state index contributed by atoms with van der Waals surface area (Å²) in [4.78, 5) is 7.60. The Balaban J connectivity index is 2.04. The van der Waals surface area contributed by atoms with Crippen LogP contribution in [0.3, 0.4) is 0 Å². The fourth-order valence-corrected chi connectivity index (χ4v) is 3.91. The number of benzene rings is 1. The summed E-state index contributed by atoms with van der Waals surface area (Å²) in [5.74, 6) is -2.91. The van der Waals surface area contributed by atoms with Crippen molar-refractivity contribution in [1.82, 2.24) is 15.2 Å². The molecule has 1 aliphatic heterocycles. The van der Waals surface area contributed by atoms with Gasteiger partial charge in [-0.05, 0) is 36.8 Å². The number of H-pyrrole nitrogens is 1. The standard InChI is InChI=1S/C21H12ClF3N6/c1-10-13-7-11(4-5-16(13)31-30-10)17-14(8-26)18(12-3-2-6-28-20(12)22)29-19(15(17)9-27)21(23,24)25/h2-7,15,17H,1H3,(H,30,31). The van der Waals surface area contributed by atoms with Crippen molar-refractivity contribution < 1.29 is 13.2 Å². The third-order valence-corrected chi connectivity index (χ3v) is 5.42. The van der Waals surface area contributed by atoms with E-state index in [9.17, 15) is 23.7 Å². The van der Waals surface area contributed by atoms with E-state index in [1.165, 1.54) is 18.3 Å². The molecule has 1 N–H and O–H groups in total. The minimum atomic E-state index is -4.88. The number of halogens is 4. The molecule has 154 valence electrons. The van der Waals surface area contributed by atoms with E-state index in [0.29, 0.717) is 22.2 Å². The zero-order chi connectivity index (χ0) is 22.3. The zero-order valence-corrected chi connectivity index (χ0v) is 16.6. The molecule has 0 amide bonds. The third kappa shape index (κ3) is 3.43. The van der Waals surface area contributed by atoms with Gasteiger partial charge in [0.1, 0.15) is 16.8 Å². The molecule has 0 aliphatic carbocycles. The number of aryl methyl sites for hydroxylation is 1. The summed E-state index contributed by atoms with van der Waals surface area (Å²) in [6, 6.07) is 11.4. The van der Waals surface area contributed by atoms with Crippen molar-refractivity contribution in [2.24, 2.45) is 10.9 Å². The maximum atomic E-state index is 13.9. The van der Waals surface area contributed by atoms with Gasteiger partial charge in [-0.2, -0.15) is 28.8 Å². The largest absolute Gasteiger partial charge is 0.430 e. The summed E-state index contributed by atoms with van der Waals surface area (Å²) in [6.07, 6.45) is -3.50. The highest BCUT2D eigenvalue weighted by Crippen LogP contribution is 2.45. The second-order valence-electron chi connectivity index (χ2n) is 6.92. The van der Waals surface area contributed by atoms with Crippen LogP contribution in [0.1, 0.15) is 22.7 Å². The van der Waals surface area contributed by atoms with Crippen molar-refractivity contribution >= 4 is 33.9 Å². The summed E-state index contributed by atoms with van der Waals surface area (Å²) in [5, 5.41) is 27.1. The van der Waals surface area contributed by atoms with E-state index < -0.39 is 23.7 Å². The lowest BCUT2D eigenvalue weighted by Crippen LogP contribution is -2.36. The van der Waals surface area contributed by atoms with Crippen molar-refractivity contribution in [2.45, 2.75) is 19.0 Å². The van der Waals surface area contributed by atoms with Crippen molar-refractivity contribution in [3.8, 4) is 12.1 Å². The van der Waals surface area contributed by atoms with E-state index in [1.54, 1.807) is 31.2 Å². The van der Waals surface area contributed by atoms with Crippen LogP contribution in [0.25, 0.3) is 16.6 Å². The first-order valence-electron chi connectivity index (χ1n) is 9.01. The molecule has 0 bridgehead atoms. The minimum Gasteiger partial charge on any atom is -0.282 e. The van der Waals surface area contributed by atoms with Crippen LogP contribution in [-0.4, -0.2) is 27.1 Å². The van der Waals surface area contributed by atoms with Crippen LogP contribution >= 0.6 is 11.6 Å². The zero-order valence-electron chi connectivity index (χ0n) is 15.9. The number of fused-ring (bicyclic) bond motifs is 1. The number of aromatic nitrogens is 3. The van der Waals surface area contributed by atoms with Crippen LogP contribution in [0, 0.1) is 35.5 Å². The number of aromatic amines is 1. The molecule has 0 spiro atoms. The maximum absolute atomic E-state index is 13.9. The first kappa shape index (κ1) is 20.6. The number of hydrogen-bond donors (Lipinski definition) is 1. The lowest BCUT2D eigenvalue weighted by molar-refractivity contribution is -0.0622. The highest BCUT2D eigenvalue weighted by Gasteiger charge is 2.49. The molecule has 0 saturated carbocycles. The lowest BCUT2D eigenvalue weighted by atomic mass is 9.75. The summed E-state index contributed by atoms with van der Waals surface area (Å²) in [5.41, 5.74) is 0.178. The molecule has 31 heavy (non-hydrogen) atoms. The molecular weight excluding hydrogens is 429 g/mol. The number of hydrogen-bond acceptors (Lipinski definition) is 5. The molecule has 6 nitrogen and oxygen atoms in total. The number of nitrogens with one attached hydrogen (secondary N) is 1. The Morgan fingerprint density at radius 1 is 1.19 bits per heavy atom. The Kier molecular flexibility index (Phi) is 5.00. The average molecular weight is 441 g/mol. The van der Waals surface area contributed by atoms with Crippen LogP contribution < -0.4 is 0 Å². The van der Waals surface area contributed by atoms with Gasteiger partial charge in [0.2, 0.25) is 0 Å². The van der Waals surface area contributed by atoms with Gasteiger partial charge in [0.15, 0.2) is 0 Å². The normalized spacial score (nSPS) is 19.1. The van der Waals surface area contributed by atoms with E-state index in [-0.39, 0.29) is 22.0 Å². The van der Waals surface area contributed by atoms with Gasteiger partial charge >= 0.3 is 6.18 Å². The van der Waals surface area contributed by atoms with Gasteiger partial charge in [0, 0.05) is 28.8 Å². The summed E-state index contributed by atoms with van der Waals surface area (Å²) in [6.45, 7) is 1.77. The number of nitriles is 2. The van der Waals surface area contributed by atoms with Crippen LogP contribution in [0.4, 0.5) is 13.2 Å². The maximum Gasteiger partial charge on any atom is 0.430 e. The molecule has 1 aliphatic rings. The molecule has 0 saturated heterocycles. The van der Waals surface area contributed by atoms with Gasteiger partial charge in [-0.1, -0.05) is 17.7 Å². The molecule has 0 radical (unpaired) electrons. The van der Waals surface area contributed by atoms with E-state index in [2.05, 4.69) is 20.2 Å². The fraction of sp³-hybridized carbons (Fsp3) is 0.190. The Morgan fingerprint density at radius 2 is 1.97 bits per heavy atom. The Morgan fingerprint density at radius 3 is 2.61 bits per heavy atom. The molecular formula is C21H12ClF3N6. The van der Waals surface area contributed by atoms with E-state index in [1.807, 2.05) is 6.07 Å². The summed E-state index contributed by atoms with van der Waals surface area (Å²) < 4.78 is 41.7. The van der Waals surface area contributed by atoms with E-state index in [4.69, 9.17) is 11.6 Å². The molecule has 3 heterocycles. The number of rotatable bonds is 2. The third-order valence-electron chi connectivity index (χ3n) is 5.12. The number of pyridine rings is 1. The number of allylic oxidation sites excluding steroid dienone is 1. The smallest absolute Gasteiger partial charge is 0.282 e. The topological polar surface area (TPSA) is 102 Å². The highest BCUT2D eigenvalue weighted by molar-refractivity contribution is 6.31. The second kappa shape index (κ2) is 7.53. The number of nitrogens with zero attached hydrogens (tertiary/aromatic N) is 5.